The molecule has 1 fully saturated rings. The van der Waals surface area contributed by atoms with Crippen LogP contribution in [-0.2, 0) is 10.8 Å². The Hall–Kier alpha value is -5.02. The van der Waals surface area contributed by atoms with Gasteiger partial charge in [0.15, 0.2) is 0 Å². The topological polar surface area (TPSA) is 6.48 Å². The van der Waals surface area contributed by atoms with E-state index < -0.39 is 0 Å². The average molecular weight is 675 g/mol. The molecule has 0 aromatic heterocycles. The minimum absolute atomic E-state index is 0.000867. The lowest BCUT2D eigenvalue weighted by molar-refractivity contribution is 0.195. The summed E-state index contributed by atoms with van der Waals surface area (Å²) in [6.07, 6.45) is 5.00. The van der Waals surface area contributed by atoms with Crippen LogP contribution in [0.1, 0.15) is 77.0 Å². The molecule has 0 radical (unpaired) electrons. The summed E-state index contributed by atoms with van der Waals surface area (Å²) in [5.74, 6) is 0. The lowest BCUT2D eigenvalue weighted by Gasteiger charge is -2.52. The predicted octanol–water partition coefficient (Wildman–Crippen LogP) is 11.0. The minimum atomic E-state index is 0.000867. The first kappa shape index (κ1) is 31.7. The summed E-state index contributed by atoms with van der Waals surface area (Å²) in [6, 6.07) is 48.4. The van der Waals surface area contributed by atoms with Crippen molar-refractivity contribution in [2.24, 2.45) is 0 Å². The highest BCUT2D eigenvalue weighted by Gasteiger charge is 2.61. The molecule has 4 aliphatic rings. The molecule has 6 aromatic carbocycles. The van der Waals surface area contributed by atoms with Crippen molar-refractivity contribution in [1.82, 2.24) is 0 Å². The van der Waals surface area contributed by atoms with E-state index in [0.717, 1.165) is 0 Å². The van der Waals surface area contributed by atoms with Crippen LogP contribution in [0.4, 0.5) is 28.4 Å². The van der Waals surface area contributed by atoms with E-state index in [4.69, 9.17) is 0 Å². The van der Waals surface area contributed by atoms with Gasteiger partial charge in [0.2, 0.25) is 0 Å². The molecule has 256 valence electrons. The third kappa shape index (κ3) is 4.32. The van der Waals surface area contributed by atoms with E-state index in [1.165, 1.54) is 104 Å². The number of anilines is 5. The van der Waals surface area contributed by atoms with E-state index in [0.29, 0.717) is 0 Å². The Bertz CT molecular complexity index is 2410. The molecule has 2 nitrogen and oxygen atoms in total. The zero-order valence-electron chi connectivity index (χ0n) is 31.4. The van der Waals surface area contributed by atoms with Crippen molar-refractivity contribution < 1.29 is 0 Å². The molecule has 0 amide bonds. The fraction of sp³-hybridized carbons (Fsp3) is 0.265. The maximum atomic E-state index is 2.85. The molecule has 2 unspecified atom stereocenters. The van der Waals surface area contributed by atoms with Gasteiger partial charge >= 0.3 is 0 Å². The van der Waals surface area contributed by atoms with Crippen LogP contribution in [-0.4, -0.2) is 12.3 Å². The predicted molar refractivity (Wildman–Crippen MR) is 223 cm³/mol. The van der Waals surface area contributed by atoms with Crippen LogP contribution >= 0.6 is 0 Å². The molecule has 52 heavy (non-hydrogen) atoms. The average Bonchev–Trinajstić information content (AvgIpc) is 3.37. The summed E-state index contributed by atoms with van der Waals surface area (Å²) >= 11 is 0. The van der Waals surface area contributed by atoms with Gasteiger partial charge in [0.1, 0.15) is 0 Å². The van der Waals surface area contributed by atoms with Gasteiger partial charge in [0.05, 0.1) is 5.54 Å². The molecule has 0 N–H and O–H groups in total. The zero-order chi connectivity index (χ0) is 35.6. The summed E-state index contributed by atoms with van der Waals surface area (Å²) in [6.45, 7) is 14.8. The standard InChI is InChI=1S/C49H47BN2/c1-32-26-43-45-44(27-32)52-46-39(48(5)24-13-14-25-49(48,52)6)30-37(47(2,3)4)31-41(46)50(45)40-23-22-36(34-18-11-8-12-19-34)29-42(40)51(43)38-21-15-20-35(28-38)33-16-9-7-10-17-33/h7-12,15-23,26-31H,13-14,24-25H2,1-6H3. The summed E-state index contributed by atoms with van der Waals surface area (Å²) in [7, 11) is 0. The molecule has 3 aliphatic heterocycles. The number of rotatable bonds is 3. The highest BCUT2D eigenvalue weighted by molar-refractivity contribution is 7.00. The highest BCUT2D eigenvalue weighted by Crippen LogP contribution is 2.62. The first-order valence-corrected chi connectivity index (χ1v) is 19.4. The second-order valence-corrected chi connectivity index (χ2v) is 17.4. The number of nitrogens with zero attached hydrogens (tertiary/aromatic N) is 2. The number of benzene rings is 6. The van der Waals surface area contributed by atoms with Gasteiger partial charge in [0.25, 0.3) is 6.71 Å². The van der Waals surface area contributed by atoms with Crippen molar-refractivity contribution >= 4 is 51.5 Å². The maximum Gasteiger partial charge on any atom is 0.252 e. The summed E-state index contributed by atoms with van der Waals surface area (Å²) in [5.41, 5.74) is 20.4. The van der Waals surface area contributed by atoms with Crippen molar-refractivity contribution in [1.29, 1.82) is 0 Å². The molecule has 0 saturated heterocycles. The monoisotopic (exact) mass is 674 g/mol. The summed E-state index contributed by atoms with van der Waals surface area (Å²) in [5, 5.41) is 0. The third-order valence-corrected chi connectivity index (χ3v) is 13.4. The van der Waals surface area contributed by atoms with Gasteiger partial charge in [-0.3, -0.25) is 0 Å². The van der Waals surface area contributed by atoms with Gasteiger partial charge < -0.3 is 9.80 Å². The van der Waals surface area contributed by atoms with Gasteiger partial charge in [-0.2, -0.15) is 0 Å². The fourth-order valence-corrected chi connectivity index (χ4v) is 10.4. The Balaban J connectivity index is 1.31. The van der Waals surface area contributed by atoms with E-state index in [-0.39, 0.29) is 23.1 Å². The number of hydrogen-bond acceptors (Lipinski definition) is 2. The molecule has 3 heterocycles. The quantitative estimate of drug-likeness (QED) is 0.172. The zero-order valence-corrected chi connectivity index (χ0v) is 31.4. The van der Waals surface area contributed by atoms with Gasteiger partial charge in [-0.1, -0.05) is 138 Å². The van der Waals surface area contributed by atoms with Gasteiger partial charge in [-0.25, -0.2) is 0 Å². The normalized spacial score (nSPS) is 21.0. The van der Waals surface area contributed by atoms with Gasteiger partial charge in [0, 0.05) is 33.9 Å². The smallest absolute Gasteiger partial charge is 0.252 e. The van der Waals surface area contributed by atoms with Crippen LogP contribution < -0.4 is 26.2 Å². The number of hydrogen-bond donors (Lipinski definition) is 0. The van der Waals surface area contributed by atoms with E-state index in [1.807, 2.05) is 0 Å². The Labute approximate surface area is 310 Å². The van der Waals surface area contributed by atoms with Crippen LogP contribution in [0.3, 0.4) is 0 Å². The molecule has 0 spiro atoms. The van der Waals surface area contributed by atoms with E-state index in [1.54, 1.807) is 5.56 Å². The van der Waals surface area contributed by atoms with Gasteiger partial charge in [-0.05, 0) is 118 Å². The van der Waals surface area contributed by atoms with Crippen LogP contribution in [0.2, 0.25) is 0 Å². The maximum absolute atomic E-state index is 2.85. The molecule has 1 saturated carbocycles. The number of aryl methyl sites for hydroxylation is 1. The molecule has 6 aromatic rings. The van der Waals surface area contributed by atoms with Crippen LogP contribution in [0, 0.1) is 6.92 Å². The first-order valence-electron chi connectivity index (χ1n) is 19.4. The van der Waals surface area contributed by atoms with Crippen molar-refractivity contribution in [3.63, 3.8) is 0 Å². The highest BCUT2D eigenvalue weighted by atomic mass is 15.3. The van der Waals surface area contributed by atoms with Crippen LogP contribution in [0.5, 0.6) is 0 Å². The number of fused-ring (bicyclic) bond motifs is 7. The van der Waals surface area contributed by atoms with E-state index in [2.05, 4.69) is 179 Å². The SMILES string of the molecule is Cc1cc2c3c(c1)N1c4c(cc(C(C)(C)C)cc4C4(C)CCCCC14C)B3c1ccc(-c3ccccc3)cc1N2c1cccc(-c2ccccc2)c1. The van der Waals surface area contributed by atoms with Crippen LogP contribution in [0.25, 0.3) is 22.3 Å². The molecule has 10 rings (SSSR count). The van der Waals surface area contributed by atoms with Crippen molar-refractivity contribution in [3.8, 4) is 22.3 Å². The van der Waals surface area contributed by atoms with E-state index >= 15 is 0 Å². The molecule has 2 atom stereocenters. The second-order valence-electron chi connectivity index (χ2n) is 17.4. The summed E-state index contributed by atoms with van der Waals surface area (Å²) < 4.78 is 0. The van der Waals surface area contributed by atoms with Crippen molar-refractivity contribution in [2.45, 2.75) is 83.6 Å². The van der Waals surface area contributed by atoms with Crippen LogP contribution in [0.15, 0.2) is 127 Å². The lowest BCUT2D eigenvalue weighted by Crippen LogP contribution is -2.64. The Kier molecular flexibility index (Phi) is 6.70. The second kappa shape index (κ2) is 11.0. The molecular formula is C49H47BN2. The Morgan fingerprint density at radius 1 is 0.596 bits per heavy atom. The lowest BCUT2D eigenvalue weighted by atomic mass is 9.33. The Morgan fingerprint density at radius 2 is 1.25 bits per heavy atom. The third-order valence-electron chi connectivity index (χ3n) is 13.4. The van der Waals surface area contributed by atoms with E-state index in [9.17, 15) is 0 Å². The van der Waals surface area contributed by atoms with Gasteiger partial charge in [-0.15, -0.1) is 0 Å². The molecular weight excluding hydrogens is 627 g/mol. The largest absolute Gasteiger partial charge is 0.335 e. The van der Waals surface area contributed by atoms with Crippen molar-refractivity contribution in [3.05, 3.63) is 144 Å². The Morgan fingerprint density at radius 3 is 1.96 bits per heavy atom. The fourth-order valence-electron chi connectivity index (χ4n) is 10.4. The summed E-state index contributed by atoms with van der Waals surface area (Å²) in [4.78, 5) is 5.45. The molecule has 3 heteroatoms. The molecule has 1 aliphatic carbocycles. The first-order chi connectivity index (χ1) is 25.1. The minimum Gasteiger partial charge on any atom is -0.335 e. The molecule has 0 bridgehead atoms. The van der Waals surface area contributed by atoms with Crippen molar-refractivity contribution in [2.75, 3.05) is 9.80 Å².